The van der Waals surface area contributed by atoms with Gasteiger partial charge in [-0.1, -0.05) is 35.3 Å². The van der Waals surface area contributed by atoms with Crippen molar-refractivity contribution < 1.29 is 9.66 Å². The second kappa shape index (κ2) is 6.76. The summed E-state index contributed by atoms with van der Waals surface area (Å²) in [5.74, 6) is 0.436. The highest BCUT2D eigenvalue weighted by molar-refractivity contribution is 6.32. The van der Waals surface area contributed by atoms with Gasteiger partial charge in [-0.15, -0.1) is 0 Å². The molecule has 0 saturated heterocycles. The molecule has 2 aromatic carbocycles. The number of benzene rings is 2. The zero-order chi connectivity index (χ0) is 15.4. The lowest BCUT2D eigenvalue weighted by atomic mass is 10.2. The fraction of sp³-hybridized carbons (Fsp3) is 0.143. The second-order valence-corrected chi connectivity index (χ2v) is 5.09. The fourth-order valence-electron chi connectivity index (χ4n) is 1.85. The molecule has 0 aliphatic carbocycles. The van der Waals surface area contributed by atoms with Gasteiger partial charge in [0.1, 0.15) is 12.4 Å². The zero-order valence-corrected chi connectivity index (χ0v) is 12.4. The van der Waals surface area contributed by atoms with E-state index in [1.54, 1.807) is 30.3 Å². The normalized spacial score (nSPS) is 10.4. The van der Waals surface area contributed by atoms with Gasteiger partial charge in [-0.2, -0.15) is 0 Å². The predicted octanol–water partition coefficient (Wildman–Crippen LogP) is 3.94. The summed E-state index contributed by atoms with van der Waals surface area (Å²) in [6.45, 7) is 0.267. The maximum atomic E-state index is 11.0. The smallest absolute Gasteiger partial charge is 0.277 e. The SMILES string of the molecule is NCc1cccc(Cl)c1OCc1ccc(Cl)cc1[N+](=O)[O-]. The summed E-state index contributed by atoms with van der Waals surface area (Å²) in [6, 6.07) is 9.64. The highest BCUT2D eigenvalue weighted by atomic mass is 35.5. The monoisotopic (exact) mass is 326 g/mol. The minimum absolute atomic E-state index is 0.00418. The molecule has 0 bridgehead atoms. The second-order valence-electron chi connectivity index (χ2n) is 4.25. The van der Waals surface area contributed by atoms with Gasteiger partial charge in [0.15, 0.2) is 0 Å². The van der Waals surface area contributed by atoms with Crippen LogP contribution in [0.25, 0.3) is 0 Å². The van der Waals surface area contributed by atoms with Crippen LogP contribution in [0.2, 0.25) is 10.0 Å². The molecular weight excluding hydrogens is 315 g/mol. The first-order chi connectivity index (χ1) is 10.0. The Morgan fingerprint density at radius 3 is 2.62 bits per heavy atom. The number of para-hydroxylation sites is 1. The highest BCUT2D eigenvalue weighted by Crippen LogP contribution is 2.31. The summed E-state index contributed by atoms with van der Waals surface area (Å²) < 4.78 is 5.62. The van der Waals surface area contributed by atoms with Crippen molar-refractivity contribution in [2.45, 2.75) is 13.2 Å². The summed E-state index contributed by atoms with van der Waals surface area (Å²) in [4.78, 5) is 10.5. The van der Waals surface area contributed by atoms with E-state index >= 15 is 0 Å². The standard InChI is InChI=1S/C14H12Cl2N2O3/c15-11-5-4-10(13(6-11)18(19)20)8-21-14-9(7-17)2-1-3-12(14)16/h1-6H,7-8,17H2. The van der Waals surface area contributed by atoms with Crippen molar-refractivity contribution in [1.82, 2.24) is 0 Å². The van der Waals surface area contributed by atoms with E-state index in [9.17, 15) is 10.1 Å². The molecule has 0 aromatic heterocycles. The number of nitro groups is 1. The van der Waals surface area contributed by atoms with E-state index in [2.05, 4.69) is 0 Å². The molecular formula is C14H12Cl2N2O3. The molecule has 0 unspecified atom stereocenters. The van der Waals surface area contributed by atoms with E-state index in [0.717, 1.165) is 5.56 Å². The van der Waals surface area contributed by atoms with Crippen molar-refractivity contribution in [3.05, 3.63) is 67.7 Å². The van der Waals surface area contributed by atoms with Crippen molar-refractivity contribution in [1.29, 1.82) is 0 Å². The van der Waals surface area contributed by atoms with Gasteiger partial charge in [0, 0.05) is 23.2 Å². The summed E-state index contributed by atoms with van der Waals surface area (Å²) >= 11 is 11.8. The van der Waals surface area contributed by atoms with E-state index in [0.29, 0.717) is 21.4 Å². The van der Waals surface area contributed by atoms with Gasteiger partial charge >= 0.3 is 0 Å². The van der Waals surface area contributed by atoms with Crippen LogP contribution in [0.1, 0.15) is 11.1 Å². The van der Waals surface area contributed by atoms with Gasteiger partial charge in [0.25, 0.3) is 5.69 Å². The first-order valence-corrected chi connectivity index (χ1v) is 6.81. The Balaban J connectivity index is 2.27. The minimum atomic E-state index is -0.499. The van der Waals surface area contributed by atoms with Crippen LogP contribution in [0.5, 0.6) is 5.75 Å². The molecule has 5 nitrogen and oxygen atoms in total. The molecule has 0 aliphatic rings. The van der Waals surface area contributed by atoms with E-state index in [4.69, 9.17) is 33.7 Å². The average molecular weight is 327 g/mol. The van der Waals surface area contributed by atoms with Crippen LogP contribution in [-0.4, -0.2) is 4.92 Å². The van der Waals surface area contributed by atoms with E-state index in [1.165, 1.54) is 6.07 Å². The number of rotatable bonds is 5. The maximum Gasteiger partial charge on any atom is 0.277 e. The molecule has 0 amide bonds. The lowest BCUT2D eigenvalue weighted by Gasteiger charge is -2.12. The molecule has 2 N–H and O–H groups in total. The van der Waals surface area contributed by atoms with Crippen molar-refractivity contribution in [3.8, 4) is 5.75 Å². The summed E-state index contributed by atoms with van der Waals surface area (Å²) in [6.07, 6.45) is 0. The maximum absolute atomic E-state index is 11.0. The lowest BCUT2D eigenvalue weighted by molar-refractivity contribution is -0.385. The molecule has 0 aliphatic heterocycles. The molecule has 0 saturated carbocycles. The number of ether oxygens (including phenoxy) is 1. The van der Waals surface area contributed by atoms with Gasteiger partial charge in [0.2, 0.25) is 0 Å². The number of hydrogen-bond acceptors (Lipinski definition) is 4. The largest absolute Gasteiger partial charge is 0.487 e. The van der Waals surface area contributed by atoms with Gasteiger partial charge in [-0.05, 0) is 18.2 Å². The Bertz CT molecular complexity index is 677. The molecule has 0 radical (unpaired) electrons. The van der Waals surface area contributed by atoms with Crippen LogP contribution in [0, 0.1) is 10.1 Å². The van der Waals surface area contributed by atoms with E-state index < -0.39 is 4.92 Å². The Kier molecular flexibility index (Phi) is 5.01. The van der Waals surface area contributed by atoms with Gasteiger partial charge in [-0.25, -0.2) is 0 Å². The third-order valence-electron chi connectivity index (χ3n) is 2.88. The molecule has 21 heavy (non-hydrogen) atoms. The van der Waals surface area contributed by atoms with Crippen molar-refractivity contribution in [3.63, 3.8) is 0 Å². The van der Waals surface area contributed by atoms with Crippen LogP contribution < -0.4 is 10.5 Å². The molecule has 7 heteroatoms. The average Bonchev–Trinajstić information content (AvgIpc) is 2.46. The third-order valence-corrected chi connectivity index (χ3v) is 3.42. The molecule has 0 spiro atoms. The van der Waals surface area contributed by atoms with E-state index in [-0.39, 0.29) is 18.8 Å². The van der Waals surface area contributed by atoms with Gasteiger partial charge in [-0.3, -0.25) is 10.1 Å². The molecule has 2 rings (SSSR count). The first-order valence-electron chi connectivity index (χ1n) is 6.06. The van der Waals surface area contributed by atoms with E-state index in [1.807, 2.05) is 0 Å². The predicted molar refractivity (Wildman–Crippen MR) is 81.8 cm³/mol. The number of nitro benzene ring substituents is 1. The highest BCUT2D eigenvalue weighted by Gasteiger charge is 2.16. The molecule has 2 aromatic rings. The summed E-state index contributed by atoms with van der Waals surface area (Å²) in [5.41, 5.74) is 6.67. The number of hydrogen-bond donors (Lipinski definition) is 1. The zero-order valence-electron chi connectivity index (χ0n) is 10.9. The number of nitrogens with two attached hydrogens (primary N) is 1. The Labute approximate surface area is 131 Å². The van der Waals surface area contributed by atoms with Crippen LogP contribution in [0.3, 0.4) is 0 Å². The molecule has 0 atom stereocenters. The first kappa shape index (κ1) is 15.6. The minimum Gasteiger partial charge on any atom is -0.487 e. The molecule has 0 fully saturated rings. The lowest BCUT2D eigenvalue weighted by Crippen LogP contribution is -2.05. The Hall–Kier alpha value is -1.82. The number of halogens is 2. The van der Waals surface area contributed by atoms with Crippen LogP contribution in [0.15, 0.2) is 36.4 Å². The fourth-order valence-corrected chi connectivity index (χ4v) is 2.27. The number of nitrogens with zero attached hydrogens (tertiary/aromatic N) is 1. The van der Waals surface area contributed by atoms with Crippen LogP contribution in [0.4, 0.5) is 5.69 Å². The molecule has 0 heterocycles. The van der Waals surface area contributed by atoms with Crippen molar-refractivity contribution >= 4 is 28.9 Å². The van der Waals surface area contributed by atoms with Crippen molar-refractivity contribution in [2.75, 3.05) is 0 Å². The summed E-state index contributed by atoms with van der Waals surface area (Å²) in [5, 5.41) is 11.7. The summed E-state index contributed by atoms with van der Waals surface area (Å²) in [7, 11) is 0. The topological polar surface area (TPSA) is 78.4 Å². The Morgan fingerprint density at radius 1 is 1.19 bits per heavy atom. The third kappa shape index (κ3) is 3.64. The van der Waals surface area contributed by atoms with Crippen molar-refractivity contribution in [2.24, 2.45) is 5.73 Å². The quantitative estimate of drug-likeness (QED) is 0.666. The van der Waals surface area contributed by atoms with Gasteiger partial charge in [0.05, 0.1) is 15.5 Å². The van der Waals surface area contributed by atoms with Gasteiger partial charge < -0.3 is 10.5 Å². The molecule has 110 valence electrons. The van der Waals surface area contributed by atoms with Crippen LogP contribution in [-0.2, 0) is 13.2 Å². The Morgan fingerprint density at radius 2 is 1.95 bits per heavy atom. The van der Waals surface area contributed by atoms with Crippen LogP contribution >= 0.6 is 23.2 Å².